The Hall–Kier alpha value is -4.14. The fourth-order valence-corrected chi connectivity index (χ4v) is 2.67. The molecule has 2 N–H and O–H groups in total. The minimum Gasteiger partial charge on any atom is -0.493 e. The summed E-state index contributed by atoms with van der Waals surface area (Å²) in [6.07, 6.45) is 1.31. The van der Waals surface area contributed by atoms with Gasteiger partial charge in [0.2, 0.25) is 0 Å². The molecule has 1 fully saturated rings. The molecule has 0 bridgehead atoms. The summed E-state index contributed by atoms with van der Waals surface area (Å²) in [5.41, 5.74) is 0.503. The number of aliphatic carboxylic acids is 1. The van der Waals surface area contributed by atoms with E-state index in [1.165, 1.54) is 31.4 Å². The Kier molecular flexibility index (Phi) is 5.59. The predicted molar refractivity (Wildman–Crippen MR) is 102 cm³/mol. The van der Waals surface area contributed by atoms with Crippen LogP contribution in [0.25, 0.3) is 6.08 Å². The lowest BCUT2D eigenvalue weighted by Gasteiger charge is -2.26. The molecule has 1 aliphatic heterocycles. The first-order chi connectivity index (χ1) is 13.9. The maximum absolute atomic E-state index is 12.8. The third kappa shape index (κ3) is 4.24. The minimum atomic E-state index is -1.15. The van der Waals surface area contributed by atoms with Gasteiger partial charge in [0.1, 0.15) is 5.57 Å². The minimum absolute atomic E-state index is 0.192. The third-order valence-electron chi connectivity index (χ3n) is 3.97. The number of hydrogen-bond donors (Lipinski definition) is 2. The van der Waals surface area contributed by atoms with Gasteiger partial charge in [-0.1, -0.05) is 24.3 Å². The van der Waals surface area contributed by atoms with Crippen LogP contribution in [0.15, 0.2) is 54.1 Å². The highest BCUT2D eigenvalue weighted by Gasteiger charge is 2.36. The fraction of sp³-hybridized carbons (Fsp3) is 0.100. The van der Waals surface area contributed by atoms with Gasteiger partial charge in [-0.3, -0.25) is 14.9 Å². The topological polar surface area (TPSA) is 122 Å². The van der Waals surface area contributed by atoms with Crippen molar-refractivity contribution in [1.82, 2.24) is 5.32 Å². The first kappa shape index (κ1) is 19.6. The van der Waals surface area contributed by atoms with Gasteiger partial charge in [0, 0.05) is 0 Å². The zero-order valence-corrected chi connectivity index (χ0v) is 15.2. The van der Waals surface area contributed by atoms with Crippen LogP contribution in [0.3, 0.4) is 0 Å². The SMILES string of the molecule is COc1cc(C=C2C(=O)NC(=O)N(c3ccccc3)C2=O)ccc1OCC(=O)O. The standard InChI is InChI=1S/C20H16N2O7/c1-28-16-10-12(7-8-15(16)29-11-17(23)24)9-14-18(25)21-20(27)22(19(14)26)13-5-3-2-4-6-13/h2-10H,11H2,1H3,(H,23,24)(H,21,25,27). The number of carbonyl (C=O) groups is 4. The number of carboxylic acid groups (broad SMARTS) is 1. The number of methoxy groups -OCH3 is 1. The van der Waals surface area contributed by atoms with Crippen molar-refractivity contribution < 1.29 is 33.8 Å². The van der Waals surface area contributed by atoms with E-state index >= 15 is 0 Å². The number of nitrogens with one attached hydrogen (secondary N) is 1. The van der Waals surface area contributed by atoms with Crippen molar-refractivity contribution in [2.75, 3.05) is 18.6 Å². The number of ether oxygens (including phenoxy) is 2. The first-order valence-corrected chi connectivity index (χ1v) is 8.40. The molecule has 0 saturated carbocycles. The summed E-state index contributed by atoms with van der Waals surface area (Å²) < 4.78 is 10.3. The van der Waals surface area contributed by atoms with Gasteiger partial charge in [-0.25, -0.2) is 14.5 Å². The van der Waals surface area contributed by atoms with Crippen LogP contribution in [0.5, 0.6) is 11.5 Å². The average Bonchev–Trinajstić information content (AvgIpc) is 2.70. The van der Waals surface area contributed by atoms with Crippen molar-refractivity contribution in [3.63, 3.8) is 0 Å². The van der Waals surface area contributed by atoms with Gasteiger partial charge in [-0.2, -0.15) is 0 Å². The molecule has 0 aliphatic carbocycles. The van der Waals surface area contributed by atoms with Gasteiger partial charge in [0.25, 0.3) is 11.8 Å². The third-order valence-corrected chi connectivity index (χ3v) is 3.97. The van der Waals surface area contributed by atoms with E-state index in [0.717, 1.165) is 4.90 Å². The normalized spacial score (nSPS) is 15.3. The van der Waals surface area contributed by atoms with Crippen molar-refractivity contribution in [2.24, 2.45) is 0 Å². The van der Waals surface area contributed by atoms with Gasteiger partial charge in [0.15, 0.2) is 18.1 Å². The van der Waals surface area contributed by atoms with Crippen molar-refractivity contribution in [2.45, 2.75) is 0 Å². The summed E-state index contributed by atoms with van der Waals surface area (Å²) in [4.78, 5) is 48.7. The van der Waals surface area contributed by atoms with Crippen LogP contribution in [0.4, 0.5) is 10.5 Å². The van der Waals surface area contributed by atoms with Gasteiger partial charge in [-0.05, 0) is 35.9 Å². The first-order valence-electron chi connectivity index (χ1n) is 8.40. The number of nitrogens with zero attached hydrogens (tertiary/aromatic N) is 1. The number of rotatable bonds is 6. The number of anilines is 1. The van der Waals surface area contributed by atoms with E-state index in [0.29, 0.717) is 11.3 Å². The molecular weight excluding hydrogens is 380 g/mol. The van der Waals surface area contributed by atoms with Crippen LogP contribution in [-0.4, -0.2) is 42.6 Å². The number of hydrogen-bond acceptors (Lipinski definition) is 6. The largest absolute Gasteiger partial charge is 0.493 e. The fourth-order valence-electron chi connectivity index (χ4n) is 2.67. The van der Waals surface area contributed by atoms with E-state index in [4.69, 9.17) is 14.6 Å². The second kappa shape index (κ2) is 8.26. The number of carboxylic acids is 1. The van der Waals surface area contributed by atoms with E-state index in [9.17, 15) is 19.2 Å². The number of barbiturate groups is 1. The number of imide groups is 2. The van der Waals surface area contributed by atoms with E-state index < -0.39 is 30.4 Å². The van der Waals surface area contributed by atoms with Crippen LogP contribution in [-0.2, 0) is 14.4 Å². The van der Waals surface area contributed by atoms with E-state index in [2.05, 4.69) is 5.32 Å². The van der Waals surface area contributed by atoms with Crippen molar-refractivity contribution in [1.29, 1.82) is 0 Å². The molecule has 148 valence electrons. The summed E-state index contributed by atoms with van der Waals surface area (Å²) >= 11 is 0. The maximum Gasteiger partial charge on any atom is 0.341 e. The Bertz CT molecular complexity index is 1010. The van der Waals surface area contributed by atoms with Crippen LogP contribution < -0.4 is 19.7 Å². The highest BCUT2D eigenvalue weighted by atomic mass is 16.5. The lowest BCUT2D eigenvalue weighted by molar-refractivity contribution is -0.139. The smallest absolute Gasteiger partial charge is 0.341 e. The number of amides is 4. The van der Waals surface area contributed by atoms with Crippen molar-refractivity contribution in [3.05, 3.63) is 59.7 Å². The van der Waals surface area contributed by atoms with E-state index in [-0.39, 0.29) is 17.1 Å². The van der Waals surface area contributed by atoms with Gasteiger partial charge < -0.3 is 14.6 Å². The van der Waals surface area contributed by atoms with Crippen LogP contribution in [0.1, 0.15) is 5.56 Å². The molecule has 3 rings (SSSR count). The number of para-hydroxylation sites is 1. The molecule has 0 aromatic heterocycles. The molecular formula is C20H16N2O7. The lowest BCUT2D eigenvalue weighted by Crippen LogP contribution is -2.54. The molecule has 2 aromatic rings. The van der Waals surface area contributed by atoms with Crippen molar-refractivity contribution in [3.8, 4) is 11.5 Å². The Balaban J connectivity index is 1.93. The van der Waals surface area contributed by atoms with E-state index in [1.54, 1.807) is 30.3 Å². The van der Waals surface area contributed by atoms with Crippen LogP contribution >= 0.6 is 0 Å². The summed E-state index contributed by atoms with van der Waals surface area (Å²) in [7, 11) is 1.37. The Labute approximate surface area is 165 Å². The molecule has 4 amide bonds. The Morgan fingerprint density at radius 2 is 1.83 bits per heavy atom. The summed E-state index contributed by atoms with van der Waals surface area (Å²) in [5, 5.41) is 10.9. The van der Waals surface area contributed by atoms with Gasteiger partial charge in [-0.15, -0.1) is 0 Å². The highest BCUT2D eigenvalue weighted by molar-refractivity contribution is 6.39. The number of benzene rings is 2. The molecule has 0 radical (unpaired) electrons. The zero-order valence-electron chi connectivity index (χ0n) is 15.2. The monoisotopic (exact) mass is 396 g/mol. The molecule has 9 heteroatoms. The van der Waals surface area contributed by atoms with Crippen LogP contribution in [0, 0.1) is 0 Å². The maximum atomic E-state index is 12.8. The average molecular weight is 396 g/mol. The van der Waals surface area contributed by atoms with Gasteiger partial charge in [0.05, 0.1) is 12.8 Å². The second-order valence-corrected chi connectivity index (χ2v) is 5.89. The lowest BCUT2D eigenvalue weighted by atomic mass is 10.1. The highest BCUT2D eigenvalue weighted by Crippen LogP contribution is 2.29. The van der Waals surface area contributed by atoms with Crippen LogP contribution in [0.2, 0.25) is 0 Å². The molecule has 2 aromatic carbocycles. The molecule has 1 saturated heterocycles. The summed E-state index contributed by atoms with van der Waals surface area (Å²) in [6.45, 7) is -0.550. The van der Waals surface area contributed by atoms with Crippen molar-refractivity contribution >= 4 is 35.6 Å². The molecule has 0 atom stereocenters. The molecule has 0 spiro atoms. The summed E-state index contributed by atoms with van der Waals surface area (Å²) in [5.74, 6) is -2.32. The molecule has 29 heavy (non-hydrogen) atoms. The molecule has 9 nitrogen and oxygen atoms in total. The molecule has 1 aliphatic rings. The van der Waals surface area contributed by atoms with E-state index in [1.807, 2.05) is 0 Å². The second-order valence-electron chi connectivity index (χ2n) is 5.89. The predicted octanol–water partition coefficient (Wildman–Crippen LogP) is 1.83. The molecule has 0 unspecified atom stereocenters. The zero-order chi connectivity index (χ0) is 21.0. The quantitative estimate of drug-likeness (QED) is 0.564. The number of carbonyl (C=O) groups excluding carboxylic acids is 3. The summed E-state index contributed by atoms with van der Waals surface area (Å²) in [6, 6.07) is 11.8. The Morgan fingerprint density at radius 3 is 2.48 bits per heavy atom. The van der Waals surface area contributed by atoms with Gasteiger partial charge >= 0.3 is 12.0 Å². The number of urea groups is 1. The Morgan fingerprint density at radius 1 is 1.10 bits per heavy atom. The molecule has 1 heterocycles.